The minimum absolute atomic E-state index is 0.0237. The number of rotatable bonds is 2. The fourth-order valence-electron chi connectivity index (χ4n) is 4.45. The molecular formula is C26H17N3O3S. The molecule has 6 rings (SSSR count). The lowest BCUT2D eigenvalue weighted by molar-refractivity contribution is 0.174. The molecule has 0 aliphatic carbocycles. The molecule has 0 bridgehead atoms. The second kappa shape index (κ2) is 7.47. The Morgan fingerprint density at radius 1 is 1.03 bits per heavy atom. The number of hydrogen-bond acceptors (Lipinski definition) is 6. The highest BCUT2D eigenvalue weighted by molar-refractivity contribution is 8.03. The number of allylic oxidation sites excluding steroid dienone is 1. The summed E-state index contributed by atoms with van der Waals surface area (Å²) in [5, 5.41) is 31.6. The number of thioether (sulfide) groups is 1. The average molecular weight is 452 g/mol. The Balaban J connectivity index is 1.63. The minimum atomic E-state index is -0.634. The first-order valence-electron chi connectivity index (χ1n) is 10.4. The Bertz CT molecular complexity index is 1420. The molecule has 0 saturated carbocycles. The molecule has 0 amide bonds. The predicted molar refractivity (Wildman–Crippen MR) is 126 cm³/mol. The van der Waals surface area contributed by atoms with Crippen molar-refractivity contribution in [2.24, 2.45) is 0 Å². The van der Waals surface area contributed by atoms with Crippen molar-refractivity contribution in [1.82, 2.24) is 0 Å². The second-order valence-electron chi connectivity index (χ2n) is 7.76. The molecule has 1 unspecified atom stereocenters. The van der Waals surface area contributed by atoms with Crippen molar-refractivity contribution in [1.29, 1.82) is 10.7 Å². The highest BCUT2D eigenvalue weighted by Gasteiger charge is 2.44. The van der Waals surface area contributed by atoms with E-state index in [1.807, 2.05) is 54.6 Å². The molecule has 0 spiro atoms. The van der Waals surface area contributed by atoms with Gasteiger partial charge in [-0.15, -0.1) is 0 Å². The van der Waals surface area contributed by atoms with Crippen LogP contribution < -0.4 is 14.4 Å². The van der Waals surface area contributed by atoms with Gasteiger partial charge in [0.2, 0.25) is 6.79 Å². The van der Waals surface area contributed by atoms with Crippen LogP contribution in [0.2, 0.25) is 0 Å². The first-order valence-corrected chi connectivity index (χ1v) is 11.2. The van der Waals surface area contributed by atoms with E-state index in [0.717, 1.165) is 16.1 Å². The number of benzene rings is 3. The summed E-state index contributed by atoms with van der Waals surface area (Å²) in [5.41, 5.74) is 3.02. The van der Waals surface area contributed by atoms with Gasteiger partial charge in [-0.3, -0.25) is 10.3 Å². The molecule has 1 atom stereocenters. The van der Waals surface area contributed by atoms with E-state index in [-0.39, 0.29) is 18.4 Å². The first-order chi connectivity index (χ1) is 16.2. The van der Waals surface area contributed by atoms with Crippen molar-refractivity contribution in [2.75, 3.05) is 11.7 Å². The second-order valence-corrected chi connectivity index (χ2v) is 8.79. The molecule has 0 radical (unpaired) electrons. The van der Waals surface area contributed by atoms with E-state index < -0.39 is 5.92 Å². The maximum absolute atomic E-state index is 11.4. The molecule has 3 aromatic rings. The van der Waals surface area contributed by atoms with E-state index in [2.05, 4.69) is 6.07 Å². The third-order valence-electron chi connectivity index (χ3n) is 5.96. The quantitative estimate of drug-likeness (QED) is 0.478. The Kier molecular flexibility index (Phi) is 4.42. The largest absolute Gasteiger partial charge is 0.507 e. The fraction of sp³-hybridized carbons (Fsp3) is 0.0769. The van der Waals surface area contributed by atoms with Crippen molar-refractivity contribution in [3.63, 3.8) is 0 Å². The van der Waals surface area contributed by atoms with Crippen LogP contribution in [-0.2, 0) is 0 Å². The molecule has 6 nitrogen and oxygen atoms in total. The van der Waals surface area contributed by atoms with E-state index >= 15 is 0 Å². The van der Waals surface area contributed by atoms with Crippen LogP contribution in [0.15, 0.2) is 93.9 Å². The monoisotopic (exact) mass is 451 g/mol. The van der Waals surface area contributed by atoms with Crippen LogP contribution in [0, 0.1) is 16.7 Å². The van der Waals surface area contributed by atoms with Crippen LogP contribution in [0.3, 0.4) is 0 Å². The number of nitrogens with one attached hydrogen (secondary N) is 1. The van der Waals surface area contributed by atoms with Gasteiger partial charge in [0.25, 0.3) is 0 Å². The normalized spacial score (nSPS) is 19.8. The van der Waals surface area contributed by atoms with Gasteiger partial charge in [-0.25, -0.2) is 0 Å². The molecule has 3 heterocycles. The van der Waals surface area contributed by atoms with Gasteiger partial charge in [0.05, 0.1) is 23.2 Å². The highest BCUT2D eigenvalue weighted by Crippen LogP contribution is 2.55. The number of aliphatic hydroxyl groups excluding tert-OH is 1. The van der Waals surface area contributed by atoms with Crippen LogP contribution in [0.5, 0.6) is 11.5 Å². The highest BCUT2D eigenvalue weighted by atomic mass is 32.2. The smallest absolute Gasteiger partial charge is 0.231 e. The molecule has 33 heavy (non-hydrogen) atoms. The lowest BCUT2D eigenvalue weighted by atomic mass is 9.80. The average Bonchev–Trinajstić information content (AvgIpc) is 3.48. The number of anilines is 1. The van der Waals surface area contributed by atoms with Crippen LogP contribution >= 0.6 is 11.8 Å². The topological polar surface area (TPSA) is 89.6 Å². The summed E-state index contributed by atoms with van der Waals surface area (Å²) in [6.45, 7) is 0.141. The molecular weight excluding hydrogens is 434 g/mol. The van der Waals surface area contributed by atoms with E-state index in [9.17, 15) is 15.8 Å². The summed E-state index contributed by atoms with van der Waals surface area (Å²) < 4.78 is 11.0. The Labute approximate surface area is 194 Å². The molecule has 160 valence electrons. The lowest BCUT2D eigenvalue weighted by Crippen LogP contribution is -2.36. The third-order valence-corrected chi connectivity index (χ3v) is 7.12. The van der Waals surface area contributed by atoms with Crippen molar-refractivity contribution in [3.8, 4) is 17.6 Å². The number of amidine groups is 1. The molecule has 2 N–H and O–H groups in total. The van der Waals surface area contributed by atoms with Crippen LogP contribution in [0.25, 0.3) is 5.76 Å². The van der Waals surface area contributed by atoms with Crippen LogP contribution in [0.1, 0.15) is 17.0 Å². The summed E-state index contributed by atoms with van der Waals surface area (Å²) in [6.07, 6.45) is 0. The Morgan fingerprint density at radius 3 is 2.61 bits per heavy atom. The molecule has 3 aliphatic heterocycles. The number of aliphatic hydroxyl groups is 1. The van der Waals surface area contributed by atoms with E-state index in [1.54, 1.807) is 23.1 Å². The van der Waals surface area contributed by atoms with Gasteiger partial charge in [0.15, 0.2) is 11.5 Å². The van der Waals surface area contributed by atoms with Gasteiger partial charge in [-0.05, 0) is 29.8 Å². The summed E-state index contributed by atoms with van der Waals surface area (Å²) in [4.78, 5) is 2.73. The van der Waals surface area contributed by atoms with Crippen LogP contribution in [-0.4, -0.2) is 17.7 Å². The van der Waals surface area contributed by atoms with Gasteiger partial charge in [0, 0.05) is 16.0 Å². The summed E-state index contributed by atoms with van der Waals surface area (Å²) >= 11 is 1.47. The van der Waals surface area contributed by atoms with Crippen molar-refractivity contribution < 1.29 is 14.6 Å². The SMILES string of the molecule is N#CC1=C2Sc3ccccc3N2C(=N)/C(=C(/O)c2ccccc2)C1c1ccc2c(c1)OCO2. The van der Waals surface area contributed by atoms with Gasteiger partial charge in [0.1, 0.15) is 16.6 Å². The standard InChI is InChI=1S/C26H17N3O3S/c27-13-17-22(16-10-11-19-20(12-16)32-14-31-19)23(24(30)15-6-2-1-3-7-15)25(28)29-18-8-4-5-9-21(18)33-26(17)29/h1-12,22,28,30H,14H2/b24-23+,28-25?. The van der Waals surface area contributed by atoms with Gasteiger partial charge in [-0.2, -0.15) is 5.26 Å². The zero-order chi connectivity index (χ0) is 22.5. The fourth-order valence-corrected chi connectivity index (χ4v) is 5.62. The summed E-state index contributed by atoms with van der Waals surface area (Å²) in [6, 6.07) is 24.8. The molecule has 3 aliphatic rings. The van der Waals surface area contributed by atoms with Gasteiger partial charge >= 0.3 is 0 Å². The van der Waals surface area contributed by atoms with Gasteiger partial charge in [-0.1, -0.05) is 60.3 Å². The van der Waals surface area contributed by atoms with Crippen LogP contribution in [0.4, 0.5) is 5.69 Å². The van der Waals surface area contributed by atoms with Crippen molar-refractivity contribution >= 4 is 29.0 Å². The number of nitriles is 1. The Hall–Kier alpha value is -4.15. The number of nitrogens with zero attached hydrogens (tertiary/aromatic N) is 2. The van der Waals surface area contributed by atoms with E-state index in [1.165, 1.54) is 11.8 Å². The minimum Gasteiger partial charge on any atom is -0.507 e. The number of hydrogen-bond donors (Lipinski definition) is 2. The Morgan fingerprint density at radius 2 is 1.79 bits per heavy atom. The van der Waals surface area contributed by atoms with Gasteiger partial charge < -0.3 is 14.6 Å². The van der Waals surface area contributed by atoms with Crippen molar-refractivity contribution in [3.05, 3.63) is 100 Å². The van der Waals surface area contributed by atoms with E-state index in [0.29, 0.717) is 33.2 Å². The molecule has 0 saturated heterocycles. The maximum Gasteiger partial charge on any atom is 0.231 e. The lowest BCUT2D eigenvalue weighted by Gasteiger charge is -2.34. The maximum atomic E-state index is 11.4. The molecule has 3 aromatic carbocycles. The van der Waals surface area contributed by atoms with E-state index in [4.69, 9.17) is 9.47 Å². The first kappa shape index (κ1) is 19.5. The molecule has 0 aromatic heterocycles. The van der Waals surface area contributed by atoms with Crippen molar-refractivity contribution in [2.45, 2.75) is 10.8 Å². The zero-order valence-electron chi connectivity index (χ0n) is 17.3. The number of para-hydroxylation sites is 1. The summed E-state index contributed by atoms with van der Waals surface area (Å²) in [5.74, 6) is 0.711. The number of ether oxygens (including phenoxy) is 2. The molecule has 7 heteroatoms. The molecule has 0 fully saturated rings. The zero-order valence-corrected chi connectivity index (χ0v) is 18.1. The third kappa shape index (κ3) is 2.92. The number of fused-ring (bicyclic) bond motifs is 4. The predicted octanol–water partition coefficient (Wildman–Crippen LogP) is 5.81. The summed E-state index contributed by atoms with van der Waals surface area (Å²) in [7, 11) is 0.